The Labute approximate surface area is 104 Å². The van der Waals surface area contributed by atoms with E-state index in [0.717, 1.165) is 7.14 Å². The van der Waals surface area contributed by atoms with E-state index < -0.39 is 7.12 Å². The van der Waals surface area contributed by atoms with E-state index in [1.54, 1.807) is 12.1 Å². The average molecular weight is 404 g/mol. The van der Waals surface area contributed by atoms with Gasteiger partial charge in [0.2, 0.25) is 0 Å². The van der Waals surface area contributed by atoms with Crippen molar-refractivity contribution < 1.29 is 14.8 Å². The fourth-order valence-electron chi connectivity index (χ4n) is 0.923. The zero-order valence-corrected chi connectivity index (χ0v) is 11.1. The molecule has 0 fully saturated rings. The Hall–Kier alpha value is 0.465. The summed E-state index contributed by atoms with van der Waals surface area (Å²) in [7, 11) is 0.0184. The SMILES string of the molecule is COc1cc(I)c(I)cc1B(O)O. The summed E-state index contributed by atoms with van der Waals surface area (Å²) in [6.07, 6.45) is 0. The molecule has 0 spiro atoms. The minimum absolute atomic E-state index is 0.396. The minimum Gasteiger partial charge on any atom is -0.497 e. The van der Waals surface area contributed by atoms with E-state index in [-0.39, 0.29) is 0 Å². The molecule has 3 nitrogen and oxygen atoms in total. The quantitative estimate of drug-likeness (QED) is 0.561. The Morgan fingerprint density at radius 1 is 1.23 bits per heavy atom. The van der Waals surface area contributed by atoms with Crippen LogP contribution in [-0.4, -0.2) is 24.3 Å². The van der Waals surface area contributed by atoms with Crippen molar-refractivity contribution in [3.8, 4) is 5.75 Å². The lowest BCUT2D eigenvalue weighted by atomic mass is 9.80. The predicted molar refractivity (Wildman–Crippen MR) is 68.3 cm³/mol. The minimum atomic E-state index is -1.49. The molecule has 0 radical (unpaired) electrons. The molecule has 0 aliphatic rings. The lowest BCUT2D eigenvalue weighted by Crippen LogP contribution is -2.31. The summed E-state index contributed by atoms with van der Waals surface area (Å²) in [6, 6.07) is 3.48. The van der Waals surface area contributed by atoms with Crippen molar-refractivity contribution in [3.05, 3.63) is 19.3 Å². The van der Waals surface area contributed by atoms with Gasteiger partial charge in [-0.05, 0) is 57.3 Å². The molecular formula is C7H7BI2O3. The molecule has 2 N–H and O–H groups in total. The second-order valence-corrected chi connectivity index (χ2v) is 4.71. The Balaban J connectivity index is 3.25. The standard InChI is InChI=1S/C7H7BI2O3/c1-13-7-3-6(10)5(9)2-4(7)8(11)12/h2-3,11-12H,1H3. The van der Waals surface area contributed by atoms with Gasteiger partial charge < -0.3 is 14.8 Å². The van der Waals surface area contributed by atoms with Crippen LogP contribution in [0.5, 0.6) is 5.75 Å². The Kier molecular flexibility index (Phi) is 4.27. The van der Waals surface area contributed by atoms with E-state index in [2.05, 4.69) is 45.2 Å². The van der Waals surface area contributed by atoms with Crippen LogP contribution in [0.2, 0.25) is 0 Å². The van der Waals surface area contributed by atoms with Crippen molar-refractivity contribution in [3.63, 3.8) is 0 Å². The van der Waals surface area contributed by atoms with Gasteiger partial charge in [0, 0.05) is 12.6 Å². The predicted octanol–water partition coefficient (Wildman–Crippen LogP) is 0.584. The zero-order chi connectivity index (χ0) is 10.0. The number of hydrogen-bond acceptors (Lipinski definition) is 3. The third-order valence-electron chi connectivity index (χ3n) is 1.55. The molecular weight excluding hydrogens is 397 g/mol. The van der Waals surface area contributed by atoms with Gasteiger partial charge in [-0.3, -0.25) is 0 Å². The molecule has 0 amide bonds. The molecule has 1 aromatic carbocycles. The molecule has 0 aromatic heterocycles. The summed E-state index contributed by atoms with van der Waals surface area (Å²) < 4.78 is 7.02. The first-order valence-electron chi connectivity index (χ1n) is 3.45. The molecule has 0 bridgehead atoms. The highest BCUT2D eigenvalue weighted by Gasteiger charge is 2.18. The van der Waals surface area contributed by atoms with Crippen molar-refractivity contribution in [2.75, 3.05) is 7.11 Å². The van der Waals surface area contributed by atoms with E-state index in [0.29, 0.717) is 11.2 Å². The Bertz CT molecular complexity index is 317. The van der Waals surface area contributed by atoms with E-state index in [1.807, 2.05) is 0 Å². The van der Waals surface area contributed by atoms with Crippen LogP contribution in [0.15, 0.2) is 12.1 Å². The third-order valence-corrected chi connectivity index (χ3v) is 4.37. The highest BCUT2D eigenvalue weighted by atomic mass is 127. The maximum Gasteiger partial charge on any atom is 0.492 e. The largest absolute Gasteiger partial charge is 0.497 e. The highest BCUT2D eigenvalue weighted by Crippen LogP contribution is 2.19. The first-order chi connectivity index (χ1) is 6.06. The highest BCUT2D eigenvalue weighted by molar-refractivity contribution is 14.1. The lowest BCUT2D eigenvalue weighted by molar-refractivity contribution is 0.403. The van der Waals surface area contributed by atoms with Crippen LogP contribution in [0, 0.1) is 7.14 Å². The van der Waals surface area contributed by atoms with Crippen LogP contribution < -0.4 is 10.2 Å². The number of ether oxygens (including phenoxy) is 1. The van der Waals surface area contributed by atoms with Crippen LogP contribution in [-0.2, 0) is 0 Å². The molecule has 1 aromatic rings. The summed E-state index contributed by atoms with van der Waals surface area (Å²) >= 11 is 4.29. The molecule has 0 saturated heterocycles. The summed E-state index contributed by atoms with van der Waals surface area (Å²) in [5.41, 5.74) is 0.396. The molecule has 13 heavy (non-hydrogen) atoms. The number of methoxy groups -OCH3 is 1. The van der Waals surface area contributed by atoms with Gasteiger partial charge in [-0.2, -0.15) is 0 Å². The van der Waals surface area contributed by atoms with Crippen LogP contribution in [0.1, 0.15) is 0 Å². The smallest absolute Gasteiger partial charge is 0.492 e. The molecule has 70 valence electrons. The zero-order valence-electron chi connectivity index (χ0n) is 6.79. The van der Waals surface area contributed by atoms with Crippen molar-refractivity contribution in [2.24, 2.45) is 0 Å². The van der Waals surface area contributed by atoms with E-state index in [1.165, 1.54) is 7.11 Å². The second kappa shape index (κ2) is 4.81. The number of rotatable bonds is 2. The van der Waals surface area contributed by atoms with Crippen LogP contribution in [0.3, 0.4) is 0 Å². The van der Waals surface area contributed by atoms with Gasteiger partial charge >= 0.3 is 7.12 Å². The topological polar surface area (TPSA) is 49.7 Å². The Morgan fingerprint density at radius 2 is 1.77 bits per heavy atom. The normalized spacial score (nSPS) is 9.92. The van der Waals surface area contributed by atoms with Crippen molar-refractivity contribution in [1.82, 2.24) is 0 Å². The fraction of sp³-hybridized carbons (Fsp3) is 0.143. The average Bonchev–Trinajstić information content (AvgIpc) is 2.08. The van der Waals surface area contributed by atoms with Crippen molar-refractivity contribution in [1.29, 1.82) is 0 Å². The van der Waals surface area contributed by atoms with Crippen LogP contribution in [0.25, 0.3) is 0 Å². The number of hydrogen-bond donors (Lipinski definition) is 2. The monoisotopic (exact) mass is 404 g/mol. The number of benzene rings is 1. The Morgan fingerprint density at radius 3 is 2.23 bits per heavy atom. The molecule has 0 saturated carbocycles. The van der Waals surface area contributed by atoms with Crippen molar-refractivity contribution in [2.45, 2.75) is 0 Å². The third kappa shape index (κ3) is 2.70. The molecule has 0 aliphatic heterocycles. The van der Waals surface area contributed by atoms with E-state index >= 15 is 0 Å². The van der Waals surface area contributed by atoms with Crippen molar-refractivity contribution >= 4 is 57.8 Å². The van der Waals surface area contributed by atoms with Gasteiger partial charge in [0.05, 0.1) is 7.11 Å². The van der Waals surface area contributed by atoms with Crippen LogP contribution in [0.4, 0.5) is 0 Å². The molecule has 0 aliphatic carbocycles. The summed E-state index contributed by atoms with van der Waals surface area (Å²) in [4.78, 5) is 0. The van der Waals surface area contributed by atoms with Gasteiger partial charge in [-0.15, -0.1) is 0 Å². The summed E-state index contributed by atoms with van der Waals surface area (Å²) in [5.74, 6) is 0.500. The molecule has 6 heteroatoms. The molecule has 0 unspecified atom stereocenters. The summed E-state index contributed by atoms with van der Waals surface area (Å²) in [5, 5.41) is 18.0. The van der Waals surface area contributed by atoms with E-state index in [4.69, 9.17) is 14.8 Å². The second-order valence-electron chi connectivity index (χ2n) is 2.38. The maximum atomic E-state index is 9.02. The molecule has 0 heterocycles. The summed E-state index contributed by atoms with van der Waals surface area (Å²) in [6.45, 7) is 0. The molecule has 0 atom stereocenters. The van der Waals surface area contributed by atoms with Gasteiger partial charge in [-0.1, -0.05) is 0 Å². The number of halogens is 2. The van der Waals surface area contributed by atoms with E-state index in [9.17, 15) is 0 Å². The van der Waals surface area contributed by atoms with Crippen LogP contribution >= 0.6 is 45.2 Å². The van der Waals surface area contributed by atoms with Gasteiger partial charge in [-0.25, -0.2) is 0 Å². The van der Waals surface area contributed by atoms with Gasteiger partial charge in [0.1, 0.15) is 5.75 Å². The maximum absolute atomic E-state index is 9.02. The first-order valence-corrected chi connectivity index (χ1v) is 5.61. The fourth-order valence-corrected chi connectivity index (χ4v) is 1.85. The lowest BCUT2D eigenvalue weighted by Gasteiger charge is -2.09. The molecule has 1 rings (SSSR count). The first kappa shape index (κ1) is 11.5. The van der Waals surface area contributed by atoms with Gasteiger partial charge in [0.25, 0.3) is 0 Å². The van der Waals surface area contributed by atoms with Gasteiger partial charge in [0.15, 0.2) is 0 Å².